The van der Waals surface area contributed by atoms with Crippen molar-refractivity contribution in [3.8, 4) is 0 Å². The number of hydrogen-bond acceptors (Lipinski definition) is 4. The van der Waals surface area contributed by atoms with Gasteiger partial charge in [-0.1, -0.05) is 0 Å². The van der Waals surface area contributed by atoms with Gasteiger partial charge in [-0.3, -0.25) is 9.69 Å². The number of nitrogens with one attached hydrogen (secondary N) is 1. The minimum absolute atomic E-state index is 0.243. The fourth-order valence-corrected chi connectivity index (χ4v) is 3.43. The van der Waals surface area contributed by atoms with Gasteiger partial charge in [-0.25, -0.2) is 0 Å². The molecule has 0 saturated carbocycles. The van der Waals surface area contributed by atoms with Gasteiger partial charge in [0.15, 0.2) is 0 Å². The van der Waals surface area contributed by atoms with Crippen molar-refractivity contribution in [3.63, 3.8) is 0 Å². The van der Waals surface area contributed by atoms with Gasteiger partial charge in [-0.2, -0.15) is 0 Å². The number of rotatable bonds is 4. The third-order valence-electron chi connectivity index (χ3n) is 4.57. The first-order valence-electron chi connectivity index (χ1n) is 7.67. The van der Waals surface area contributed by atoms with E-state index in [0.29, 0.717) is 12.6 Å². The second-order valence-corrected chi connectivity index (χ2v) is 5.97. The average molecular weight is 267 g/mol. The summed E-state index contributed by atoms with van der Waals surface area (Å²) in [7, 11) is 0. The minimum Gasteiger partial charge on any atom is -0.374 e. The van der Waals surface area contributed by atoms with Crippen molar-refractivity contribution in [2.24, 2.45) is 0 Å². The van der Waals surface area contributed by atoms with Gasteiger partial charge in [0.2, 0.25) is 5.91 Å². The van der Waals surface area contributed by atoms with Gasteiger partial charge in [0, 0.05) is 32.2 Å². The van der Waals surface area contributed by atoms with Crippen LogP contribution in [0.3, 0.4) is 0 Å². The van der Waals surface area contributed by atoms with E-state index in [9.17, 15) is 4.79 Å². The molecule has 0 aromatic rings. The molecule has 19 heavy (non-hydrogen) atoms. The second kappa shape index (κ2) is 6.20. The second-order valence-electron chi connectivity index (χ2n) is 5.97. The Morgan fingerprint density at radius 3 is 2.89 bits per heavy atom. The molecule has 3 heterocycles. The lowest BCUT2D eigenvalue weighted by Crippen LogP contribution is -2.50. The molecule has 0 aliphatic carbocycles. The topological polar surface area (TPSA) is 44.8 Å². The number of amides is 1. The van der Waals surface area contributed by atoms with Gasteiger partial charge in [-0.05, 0) is 32.2 Å². The summed E-state index contributed by atoms with van der Waals surface area (Å²) in [6.07, 6.45) is 5.16. The van der Waals surface area contributed by atoms with Crippen molar-refractivity contribution in [1.29, 1.82) is 0 Å². The summed E-state index contributed by atoms with van der Waals surface area (Å²) in [5.74, 6) is 0.243. The van der Waals surface area contributed by atoms with Gasteiger partial charge in [0.1, 0.15) is 0 Å². The Hall–Kier alpha value is -0.650. The number of hydrogen-bond donors (Lipinski definition) is 1. The van der Waals surface area contributed by atoms with Crippen LogP contribution in [-0.4, -0.2) is 73.7 Å². The molecule has 3 fully saturated rings. The standard InChI is InChI=1S/C14H25N3O2/c18-14(16-5-1-2-6-16)9-15-8-13-10-17-7-3-4-12(17)11-19-13/h12-13,15H,1-11H2. The summed E-state index contributed by atoms with van der Waals surface area (Å²) in [6.45, 7) is 6.25. The molecule has 0 radical (unpaired) electrons. The van der Waals surface area contributed by atoms with Crippen molar-refractivity contribution in [2.75, 3.05) is 45.9 Å². The summed E-state index contributed by atoms with van der Waals surface area (Å²) in [6, 6.07) is 0.655. The molecule has 3 rings (SSSR count). The van der Waals surface area contributed by atoms with Crippen LogP contribution in [0.25, 0.3) is 0 Å². The van der Waals surface area contributed by atoms with Gasteiger partial charge in [0.05, 0.1) is 19.3 Å². The fourth-order valence-electron chi connectivity index (χ4n) is 3.43. The largest absolute Gasteiger partial charge is 0.374 e. The molecule has 1 N–H and O–H groups in total. The zero-order valence-corrected chi connectivity index (χ0v) is 11.6. The van der Waals surface area contributed by atoms with Crippen molar-refractivity contribution in [3.05, 3.63) is 0 Å². The quantitative estimate of drug-likeness (QED) is 0.782. The summed E-state index contributed by atoms with van der Waals surface area (Å²) in [4.78, 5) is 16.4. The van der Waals surface area contributed by atoms with Crippen LogP contribution in [0.15, 0.2) is 0 Å². The molecule has 3 aliphatic rings. The minimum atomic E-state index is 0.243. The number of nitrogens with zero attached hydrogens (tertiary/aromatic N) is 2. The Morgan fingerprint density at radius 1 is 1.21 bits per heavy atom. The lowest BCUT2D eigenvalue weighted by atomic mass is 10.2. The molecule has 0 aromatic heterocycles. The predicted octanol–water partition coefficient (Wildman–Crippen LogP) is 0.0616. The smallest absolute Gasteiger partial charge is 0.236 e. The molecule has 0 aromatic carbocycles. The lowest BCUT2D eigenvalue weighted by molar-refractivity contribution is -0.129. The molecule has 2 unspecified atom stereocenters. The van der Waals surface area contributed by atoms with E-state index in [0.717, 1.165) is 45.6 Å². The molecular weight excluding hydrogens is 242 g/mol. The molecule has 0 spiro atoms. The maximum atomic E-state index is 11.9. The van der Waals surface area contributed by atoms with E-state index in [-0.39, 0.29) is 12.0 Å². The first kappa shape index (κ1) is 13.3. The zero-order valence-electron chi connectivity index (χ0n) is 11.6. The number of carbonyl (C=O) groups excluding carboxylic acids is 1. The molecule has 3 aliphatic heterocycles. The van der Waals surface area contributed by atoms with Gasteiger partial charge in [0.25, 0.3) is 0 Å². The van der Waals surface area contributed by atoms with E-state index in [1.54, 1.807) is 0 Å². The van der Waals surface area contributed by atoms with Crippen molar-refractivity contribution >= 4 is 5.91 Å². The highest BCUT2D eigenvalue weighted by atomic mass is 16.5. The van der Waals surface area contributed by atoms with Crippen LogP contribution < -0.4 is 5.32 Å². The maximum absolute atomic E-state index is 11.9. The molecule has 1 amide bonds. The normalized spacial score (nSPS) is 31.7. The van der Waals surface area contributed by atoms with Crippen LogP contribution in [0.2, 0.25) is 0 Å². The van der Waals surface area contributed by atoms with Crippen LogP contribution >= 0.6 is 0 Å². The Morgan fingerprint density at radius 2 is 2.05 bits per heavy atom. The van der Waals surface area contributed by atoms with E-state index in [4.69, 9.17) is 4.74 Å². The van der Waals surface area contributed by atoms with Crippen LogP contribution in [0.5, 0.6) is 0 Å². The molecule has 2 atom stereocenters. The van der Waals surface area contributed by atoms with Crippen LogP contribution in [0.4, 0.5) is 0 Å². The van der Waals surface area contributed by atoms with Crippen LogP contribution in [0, 0.1) is 0 Å². The van der Waals surface area contributed by atoms with E-state index >= 15 is 0 Å². The number of morpholine rings is 1. The number of carbonyl (C=O) groups is 1. The number of fused-ring (bicyclic) bond motifs is 1. The van der Waals surface area contributed by atoms with Gasteiger partial charge >= 0.3 is 0 Å². The van der Waals surface area contributed by atoms with E-state index < -0.39 is 0 Å². The highest BCUT2D eigenvalue weighted by Gasteiger charge is 2.32. The van der Waals surface area contributed by atoms with Crippen molar-refractivity contribution in [2.45, 2.75) is 37.8 Å². The lowest BCUT2D eigenvalue weighted by Gasteiger charge is -2.35. The Bertz CT molecular complexity index is 318. The fraction of sp³-hybridized carbons (Fsp3) is 0.929. The monoisotopic (exact) mass is 267 g/mol. The van der Waals surface area contributed by atoms with Crippen molar-refractivity contribution in [1.82, 2.24) is 15.1 Å². The summed E-state index contributed by atoms with van der Waals surface area (Å²) < 4.78 is 5.87. The Kier molecular flexibility index (Phi) is 4.35. The highest BCUT2D eigenvalue weighted by molar-refractivity contribution is 5.78. The molecule has 5 nitrogen and oxygen atoms in total. The molecule has 5 heteroatoms. The Balaban J connectivity index is 1.34. The van der Waals surface area contributed by atoms with Crippen LogP contribution in [-0.2, 0) is 9.53 Å². The van der Waals surface area contributed by atoms with E-state index in [2.05, 4.69) is 10.2 Å². The Labute approximate surface area is 115 Å². The molecular formula is C14H25N3O2. The SMILES string of the molecule is O=C(CNCC1CN2CCCC2CO1)N1CCCC1. The summed E-state index contributed by atoms with van der Waals surface area (Å²) >= 11 is 0. The average Bonchev–Trinajstić information content (AvgIpc) is 3.09. The molecule has 0 bridgehead atoms. The highest BCUT2D eigenvalue weighted by Crippen LogP contribution is 2.22. The van der Waals surface area contributed by atoms with Crippen LogP contribution in [0.1, 0.15) is 25.7 Å². The maximum Gasteiger partial charge on any atom is 0.236 e. The van der Waals surface area contributed by atoms with Gasteiger partial charge < -0.3 is 15.0 Å². The van der Waals surface area contributed by atoms with Gasteiger partial charge in [-0.15, -0.1) is 0 Å². The third kappa shape index (κ3) is 3.27. The zero-order chi connectivity index (χ0) is 13.1. The first-order chi connectivity index (χ1) is 9.33. The first-order valence-corrected chi connectivity index (χ1v) is 7.67. The van der Waals surface area contributed by atoms with E-state index in [1.165, 1.54) is 19.4 Å². The van der Waals surface area contributed by atoms with E-state index in [1.807, 2.05) is 4.90 Å². The molecule has 3 saturated heterocycles. The summed E-state index contributed by atoms with van der Waals surface area (Å²) in [5.41, 5.74) is 0. The van der Waals surface area contributed by atoms with Crippen molar-refractivity contribution < 1.29 is 9.53 Å². The number of likely N-dealkylation sites (tertiary alicyclic amines) is 1. The predicted molar refractivity (Wildman–Crippen MR) is 73.0 cm³/mol. The number of ether oxygens (including phenoxy) is 1. The molecule has 108 valence electrons. The summed E-state index contributed by atoms with van der Waals surface area (Å²) in [5, 5.41) is 3.27. The third-order valence-corrected chi connectivity index (χ3v) is 4.57.